The maximum atomic E-state index is 13.0. The Kier molecular flexibility index (Phi) is 5.14. The third kappa shape index (κ3) is 3.48. The van der Waals surface area contributed by atoms with Gasteiger partial charge in [-0.1, -0.05) is 54.6 Å². The molecule has 0 saturated heterocycles. The van der Waals surface area contributed by atoms with E-state index in [1.165, 1.54) is 4.68 Å². The normalized spacial score (nSPS) is 12.0. The van der Waals surface area contributed by atoms with Crippen LogP contribution in [0.5, 0.6) is 5.75 Å². The predicted molar refractivity (Wildman–Crippen MR) is 118 cm³/mol. The van der Waals surface area contributed by atoms with Crippen molar-refractivity contribution >= 4 is 22.4 Å². The number of para-hydroxylation sites is 1. The van der Waals surface area contributed by atoms with Crippen LogP contribution in [-0.2, 0) is 11.8 Å². The molecule has 1 aromatic heterocycles. The van der Waals surface area contributed by atoms with E-state index in [2.05, 4.69) is 5.32 Å². The van der Waals surface area contributed by atoms with Gasteiger partial charge in [-0.15, -0.1) is 0 Å². The molecule has 0 fully saturated rings. The summed E-state index contributed by atoms with van der Waals surface area (Å²) in [6.45, 7) is 3.47. The van der Waals surface area contributed by atoms with Crippen LogP contribution < -0.4 is 15.6 Å². The van der Waals surface area contributed by atoms with E-state index in [1.807, 2.05) is 72.8 Å². The summed E-state index contributed by atoms with van der Waals surface area (Å²) in [7, 11) is 1.79. The molecule has 1 N–H and O–H groups in total. The summed E-state index contributed by atoms with van der Waals surface area (Å²) in [4.78, 5) is 25.8. The van der Waals surface area contributed by atoms with Crippen molar-refractivity contribution in [3.63, 3.8) is 0 Å². The largest absolute Gasteiger partial charge is 0.480 e. The number of carbonyl (C=O) groups is 1. The molecule has 0 aliphatic carbocycles. The molecular weight excluding hydrogens is 378 g/mol. The summed E-state index contributed by atoms with van der Waals surface area (Å²) in [5.74, 6) is 0.246. The summed E-state index contributed by atoms with van der Waals surface area (Å²) in [6.07, 6.45) is -0.778. The number of hydrogen-bond donors (Lipinski definition) is 1. The smallest absolute Gasteiger partial charge is 0.295 e. The number of hydrogen-bond acceptors (Lipinski definition) is 3. The van der Waals surface area contributed by atoms with Gasteiger partial charge < -0.3 is 10.1 Å². The molecule has 1 amide bonds. The number of fused-ring (bicyclic) bond motifs is 1. The van der Waals surface area contributed by atoms with Crippen LogP contribution >= 0.6 is 0 Å². The van der Waals surface area contributed by atoms with Crippen LogP contribution in [0, 0.1) is 6.92 Å². The minimum absolute atomic E-state index is 0.250. The Bertz CT molecular complexity index is 1270. The summed E-state index contributed by atoms with van der Waals surface area (Å²) in [5, 5.41) is 4.73. The van der Waals surface area contributed by atoms with Crippen molar-refractivity contribution in [1.82, 2.24) is 9.36 Å². The van der Waals surface area contributed by atoms with Gasteiger partial charge in [0.1, 0.15) is 11.4 Å². The van der Waals surface area contributed by atoms with Crippen LogP contribution in [0.2, 0.25) is 0 Å². The standard InChI is InChI=1S/C24H23N3O3/c1-16-22(24(29)27(26(16)3)19-12-5-4-6-13-19)25-23(28)17(2)30-21-15-9-11-18-10-7-8-14-20(18)21/h4-15,17H,1-3H3,(H,25,28). The van der Waals surface area contributed by atoms with Gasteiger partial charge in [0.05, 0.1) is 11.4 Å². The van der Waals surface area contributed by atoms with Crippen LogP contribution in [0.15, 0.2) is 77.6 Å². The SMILES string of the molecule is Cc1c(NC(=O)C(C)Oc2cccc3ccccc23)c(=O)n(-c2ccccc2)n1C. The number of nitrogens with zero attached hydrogens (tertiary/aromatic N) is 2. The van der Waals surface area contributed by atoms with Gasteiger partial charge in [-0.2, -0.15) is 0 Å². The minimum Gasteiger partial charge on any atom is -0.480 e. The summed E-state index contributed by atoms with van der Waals surface area (Å²) in [5.41, 5.74) is 1.36. The van der Waals surface area contributed by atoms with E-state index in [9.17, 15) is 9.59 Å². The minimum atomic E-state index is -0.778. The van der Waals surface area contributed by atoms with Crippen molar-refractivity contribution in [2.24, 2.45) is 7.05 Å². The van der Waals surface area contributed by atoms with Crippen molar-refractivity contribution in [1.29, 1.82) is 0 Å². The van der Waals surface area contributed by atoms with E-state index >= 15 is 0 Å². The molecule has 4 rings (SSSR count). The van der Waals surface area contributed by atoms with Crippen molar-refractivity contribution in [2.75, 3.05) is 5.32 Å². The summed E-state index contributed by atoms with van der Waals surface area (Å²) >= 11 is 0. The first-order valence-corrected chi connectivity index (χ1v) is 9.76. The lowest BCUT2D eigenvalue weighted by Crippen LogP contribution is -2.32. The lowest BCUT2D eigenvalue weighted by Gasteiger charge is -2.16. The fraction of sp³-hybridized carbons (Fsp3) is 0.167. The molecule has 0 saturated carbocycles. The lowest BCUT2D eigenvalue weighted by atomic mass is 10.1. The average Bonchev–Trinajstić information content (AvgIpc) is 2.97. The van der Waals surface area contributed by atoms with Gasteiger partial charge in [-0.3, -0.25) is 14.3 Å². The van der Waals surface area contributed by atoms with E-state index in [-0.39, 0.29) is 17.2 Å². The molecule has 0 aliphatic heterocycles. The molecule has 6 heteroatoms. The monoisotopic (exact) mass is 401 g/mol. The molecule has 1 heterocycles. The van der Waals surface area contributed by atoms with E-state index < -0.39 is 6.10 Å². The third-order valence-corrected chi connectivity index (χ3v) is 5.23. The second kappa shape index (κ2) is 7.91. The molecule has 3 aromatic carbocycles. The number of nitrogens with one attached hydrogen (secondary N) is 1. The highest BCUT2D eigenvalue weighted by Crippen LogP contribution is 2.26. The molecule has 1 atom stereocenters. The molecule has 0 spiro atoms. The zero-order valence-electron chi connectivity index (χ0n) is 17.1. The first-order valence-electron chi connectivity index (χ1n) is 9.76. The zero-order chi connectivity index (χ0) is 21.3. The van der Waals surface area contributed by atoms with Crippen LogP contribution in [-0.4, -0.2) is 21.4 Å². The second-order valence-electron chi connectivity index (χ2n) is 7.16. The van der Waals surface area contributed by atoms with Gasteiger partial charge in [-0.25, -0.2) is 4.68 Å². The van der Waals surface area contributed by atoms with E-state index in [0.29, 0.717) is 11.4 Å². The van der Waals surface area contributed by atoms with Crippen LogP contribution in [0.25, 0.3) is 16.5 Å². The van der Waals surface area contributed by atoms with E-state index in [0.717, 1.165) is 16.5 Å². The highest BCUT2D eigenvalue weighted by Gasteiger charge is 2.22. The number of carbonyl (C=O) groups excluding carboxylic acids is 1. The average molecular weight is 401 g/mol. The maximum Gasteiger partial charge on any atom is 0.295 e. The Hall–Kier alpha value is -3.80. The van der Waals surface area contributed by atoms with Gasteiger partial charge in [0.2, 0.25) is 0 Å². The number of rotatable bonds is 5. The van der Waals surface area contributed by atoms with Gasteiger partial charge >= 0.3 is 0 Å². The molecule has 30 heavy (non-hydrogen) atoms. The predicted octanol–water partition coefficient (Wildman–Crippen LogP) is 4.04. The highest BCUT2D eigenvalue weighted by atomic mass is 16.5. The second-order valence-corrected chi connectivity index (χ2v) is 7.16. The number of benzene rings is 3. The van der Waals surface area contributed by atoms with Crippen molar-refractivity contribution < 1.29 is 9.53 Å². The Morgan fingerprint density at radius 1 is 0.967 bits per heavy atom. The Morgan fingerprint density at radius 3 is 2.40 bits per heavy atom. The van der Waals surface area contributed by atoms with Gasteiger partial charge in [-0.05, 0) is 37.4 Å². The molecule has 152 valence electrons. The fourth-order valence-corrected chi connectivity index (χ4v) is 3.48. The van der Waals surface area contributed by atoms with E-state index in [4.69, 9.17) is 4.74 Å². The summed E-state index contributed by atoms with van der Waals surface area (Å²) < 4.78 is 9.19. The molecule has 6 nitrogen and oxygen atoms in total. The highest BCUT2D eigenvalue weighted by molar-refractivity contribution is 5.95. The summed E-state index contributed by atoms with van der Waals surface area (Å²) in [6, 6.07) is 22.9. The van der Waals surface area contributed by atoms with Gasteiger partial charge in [0, 0.05) is 12.4 Å². The van der Waals surface area contributed by atoms with Crippen molar-refractivity contribution in [3.05, 3.63) is 88.8 Å². The van der Waals surface area contributed by atoms with E-state index in [1.54, 1.807) is 25.6 Å². The number of amides is 1. The molecule has 0 aliphatic rings. The van der Waals surface area contributed by atoms with Crippen LogP contribution in [0.3, 0.4) is 0 Å². The topological polar surface area (TPSA) is 65.3 Å². The molecule has 4 aromatic rings. The van der Waals surface area contributed by atoms with Crippen LogP contribution in [0.4, 0.5) is 5.69 Å². The molecular formula is C24H23N3O3. The quantitative estimate of drug-likeness (QED) is 0.549. The number of ether oxygens (including phenoxy) is 1. The Morgan fingerprint density at radius 2 is 1.63 bits per heavy atom. The Labute approximate surface area is 174 Å². The Balaban J connectivity index is 1.59. The van der Waals surface area contributed by atoms with Crippen molar-refractivity contribution in [2.45, 2.75) is 20.0 Å². The van der Waals surface area contributed by atoms with Gasteiger partial charge in [0.15, 0.2) is 6.10 Å². The fourth-order valence-electron chi connectivity index (χ4n) is 3.48. The first kappa shape index (κ1) is 19.5. The molecule has 1 unspecified atom stereocenters. The number of aromatic nitrogens is 2. The lowest BCUT2D eigenvalue weighted by molar-refractivity contribution is -0.122. The molecule has 0 bridgehead atoms. The number of anilines is 1. The maximum absolute atomic E-state index is 13.0. The zero-order valence-corrected chi connectivity index (χ0v) is 17.1. The van der Waals surface area contributed by atoms with Crippen molar-refractivity contribution in [3.8, 4) is 11.4 Å². The van der Waals surface area contributed by atoms with Gasteiger partial charge in [0.25, 0.3) is 11.5 Å². The molecule has 0 radical (unpaired) electrons. The first-order chi connectivity index (χ1) is 14.5. The third-order valence-electron chi connectivity index (χ3n) is 5.23. The van der Waals surface area contributed by atoms with Crippen LogP contribution in [0.1, 0.15) is 12.6 Å².